The first-order valence-electron chi connectivity index (χ1n) is 9.09. The van der Waals surface area contributed by atoms with Crippen LogP contribution in [0.5, 0.6) is 0 Å². The summed E-state index contributed by atoms with van der Waals surface area (Å²) >= 11 is -0.124. The standard InChI is InChI=1S/C19H23F3N4O2S2/c1-18(2)12-25(15-4-6-16(7-5-15)29-19(20,21)22)13-26(18)11-14-8-9-23-17(10-14)24-30(3,27)28/h4-10H,11-13H2,1-3H3,(H,23,24). The summed E-state index contributed by atoms with van der Waals surface area (Å²) in [6.07, 6.45) is 2.63. The number of benzene rings is 1. The molecule has 0 amide bonds. The Morgan fingerprint density at radius 3 is 2.47 bits per heavy atom. The fraction of sp³-hybridized carbons (Fsp3) is 0.421. The van der Waals surface area contributed by atoms with Gasteiger partial charge in [0.1, 0.15) is 5.82 Å². The minimum Gasteiger partial charge on any atom is -0.357 e. The lowest BCUT2D eigenvalue weighted by Gasteiger charge is -2.29. The van der Waals surface area contributed by atoms with Gasteiger partial charge in [0.2, 0.25) is 10.0 Å². The van der Waals surface area contributed by atoms with Crippen molar-refractivity contribution in [3.05, 3.63) is 48.2 Å². The molecule has 1 aromatic heterocycles. The Balaban J connectivity index is 1.71. The molecule has 0 aliphatic carbocycles. The largest absolute Gasteiger partial charge is 0.446 e. The average Bonchev–Trinajstić information content (AvgIpc) is 2.87. The van der Waals surface area contributed by atoms with Crippen LogP contribution in [0.4, 0.5) is 24.7 Å². The highest BCUT2D eigenvalue weighted by Gasteiger charge is 2.37. The van der Waals surface area contributed by atoms with Gasteiger partial charge in [0.15, 0.2) is 0 Å². The number of pyridine rings is 1. The second-order valence-electron chi connectivity index (χ2n) is 7.82. The molecule has 30 heavy (non-hydrogen) atoms. The molecule has 6 nitrogen and oxygen atoms in total. The maximum Gasteiger partial charge on any atom is 0.446 e. The van der Waals surface area contributed by atoms with Gasteiger partial charge >= 0.3 is 5.51 Å². The number of sulfonamides is 1. The quantitative estimate of drug-likeness (QED) is 0.654. The van der Waals surface area contributed by atoms with Gasteiger partial charge in [0.25, 0.3) is 0 Å². The Kier molecular flexibility index (Phi) is 6.26. The summed E-state index contributed by atoms with van der Waals surface area (Å²) in [6, 6.07) is 9.89. The molecule has 1 aliphatic rings. The zero-order valence-corrected chi connectivity index (χ0v) is 18.4. The van der Waals surface area contributed by atoms with Gasteiger partial charge in [-0.25, -0.2) is 13.4 Å². The zero-order valence-electron chi connectivity index (χ0n) is 16.8. The van der Waals surface area contributed by atoms with E-state index in [9.17, 15) is 21.6 Å². The highest BCUT2D eigenvalue weighted by Crippen LogP contribution is 2.38. The topological polar surface area (TPSA) is 65.5 Å². The predicted octanol–water partition coefficient (Wildman–Crippen LogP) is 4.12. The van der Waals surface area contributed by atoms with E-state index in [1.54, 1.807) is 24.4 Å². The number of halogens is 3. The predicted molar refractivity (Wildman–Crippen MR) is 113 cm³/mol. The molecule has 164 valence electrons. The molecule has 0 unspecified atom stereocenters. The third kappa shape index (κ3) is 6.26. The summed E-state index contributed by atoms with van der Waals surface area (Å²) in [7, 11) is -3.41. The van der Waals surface area contributed by atoms with E-state index in [0.29, 0.717) is 19.8 Å². The van der Waals surface area contributed by atoms with Crippen LogP contribution in [0.2, 0.25) is 0 Å². The highest BCUT2D eigenvalue weighted by atomic mass is 32.2. The lowest BCUT2D eigenvalue weighted by atomic mass is 10.0. The number of anilines is 2. The van der Waals surface area contributed by atoms with Crippen molar-refractivity contribution in [1.82, 2.24) is 9.88 Å². The molecule has 2 heterocycles. The number of hydrogen-bond donors (Lipinski definition) is 1. The van der Waals surface area contributed by atoms with E-state index in [0.717, 1.165) is 17.5 Å². The molecule has 2 aromatic rings. The summed E-state index contributed by atoms with van der Waals surface area (Å²) in [5.41, 5.74) is -2.73. The van der Waals surface area contributed by atoms with Crippen LogP contribution in [0, 0.1) is 0 Å². The second kappa shape index (κ2) is 8.27. The van der Waals surface area contributed by atoms with Gasteiger partial charge < -0.3 is 4.90 Å². The number of alkyl halides is 3. The SMILES string of the molecule is CC1(C)CN(c2ccc(SC(F)(F)F)cc2)CN1Cc1ccnc(NS(C)(=O)=O)c1. The van der Waals surface area contributed by atoms with Gasteiger partial charge in [-0.1, -0.05) is 0 Å². The molecule has 0 radical (unpaired) electrons. The monoisotopic (exact) mass is 460 g/mol. The Morgan fingerprint density at radius 1 is 1.20 bits per heavy atom. The maximum atomic E-state index is 12.5. The minimum absolute atomic E-state index is 0.124. The van der Waals surface area contributed by atoms with Crippen molar-refractivity contribution in [3.63, 3.8) is 0 Å². The summed E-state index contributed by atoms with van der Waals surface area (Å²) < 4.78 is 62.8. The Morgan fingerprint density at radius 2 is 1.87 bits per heavy atom. The molecule has 1 aliphatic heterocycles. The fourth-order valence-electron chi connectivity index (χ4n) is 3.35. The fourth-order valence-corrected chi connectivity index (χ4v) is 4.38. The first-order valence-corrected chi connectivity index (χ1v) is 11.8. The summed E-state index contributed by atoms with van der Waals surface area (Å²) in [5.74, 6) is 0.265. The van der Waals surface area contributed by atoms with Gasteiger partial charge in [-0.3, -0.25) is 9.62 Å². The van der Waals surface area contributed by atoms with Crippen molar-refractivity contribution in [3.8, 4) is 0 Å². The van der Waals surface area contributed by atoms with Gasteiger partial charge in [0, 0.05) is 35.4 Å². The van der Waals surface area contributed by atoms with Crippen molar-refractivity contribution in [2.75, 3.05) is 29.1 Å². The number of nitrogens with zero attached hydrogens (tertiary/aromatic N) is 3. The number of nitrogens with one attached hydrogen (secondary N) is 1. The molecule has 1 fully saturated rings. The first kappa shape index (κ1) is 22.7. The summed E-state index contributed by atoms with van der Waals surface area (Å²) in [5, 5.41) is 0. The molecule has 3 rings (SSSR count). The average molecular weight is 461 g/mol. The Labute approximate surface area is 178 Å². The van der Waals surface area contributed by atoms with Crippen LogP contribution in [-0.4, -0.2) is 48.8 Å². The lowest BCUT2D eigenvalue weighted by molar-refractivity contribution is -0.0328. The van der Waals surface area contributed by atoms with Gasteiger partial charge in [0.05, 0.1) is 12.9 Å². The molecule has 1 saturated heterocycles. The van der Waals surface area contributed by atoms with E-state index in [1.807, 2.05) is 6.07 Å². The van der Waals surface area contributed by atoms with Crippen LogP contribution in [0.25, 0.3) is 0 Å². The normalized spacial score (nSPS) is 17.3. The lowest BCUT2D eigenvalue weighted by Crippen LogP contribution is -2.39. The van der Waals surface area contributed by atoms with E-state index < -0.39 is 15.5 Å². The smallest absolute Gasteiger partial charge is 0.357 e. The minimum atomic E-state index is -4.30. The molecular weight excluding hydrogens is 437 g/mol. The van der Waals surface area contributed by atoms with Gasteiger partial charge in [-0.15, -0.1) is 0 Å². The zero-order chi connectivity index (χ0) is 22.2. The van der Waals surface area contributed by atoms with Crippen LogP contribution in [0.15, 0.2) is 47.5 Å². The van der Waals surface area contributed by atoms with Crippen LogP contribution in [0.1, 0.15) is 19.4 Å². The van der Waals surface area contributed by atoms with Gasteiger partial charge in [-0.05, 0) is 67.6 Å². The van der Waals surface area contributed by atoms with Crippen molar-refractivity contribution in [2.24, 2.45) is 0 Å². The number of thioether (sulfide) groups is 1. The molecule has 0 saturated carbocycles. The van der Waals surface area contributed by atoms with E-state index in [1.165, 1.54) is 12.1 Å². The molecule has 0 bridgehead atoms. The molecule has 1 N–H and O–H groups in total. The van der Waals surface area contributed by atoms with Crippen molar-refractivity contribution in [2.45, 2.75) is 36.3 Å². The van der Waals surface area contributed by atoms with E-state index >= 15 is 0 Å². The number of aromatic nitrogens is 1. The molecule has 1 aromatic carbocycles. The maximum absolute atomic E-state index is 12.5. The van der Waals surface area contributed by atoms with Crippen LogP contribution in [0.3, 0.4) is 0 Å². The molecule has 0 atom stereocenters. The van der Waals surface area contributed by atoms with Crippen LogP contribution < -0.4 is 9.62 Å². The third-order valence-corrected chi connectivity index (χ3v) is 6.02. The summed E-state index contributed by atoms with van der Waals surface area (Å²) in [6.45, 7) is 6.07. The Hall–Kier alpha value is -1.98. The van der Waals surface area contributed by atoms with Crippen LogP contribution >= 0.6 is 11.8 Å². The van der Waals surface area contributed by atoms with Crippen LogP contribution in [-0.2, 0) is 16.6 Å². The van der Waals surface area contributed by atoms with Gasteiger partial charge in [-0.2, -0.15) is 13.2 Å². The highest BCUT2D eigenvalue weighted by molar-refractivity contribution is 8.00. The van der Waals surface area contributed by atoms with Crippen molar-refractivity contribution < 1.29 is 21.6 Å². The molecule has 0 spiro atoms. The Bertz CT molecular complexity index is 996. The second-order valence-corrected chi connectivity index (χ2v) is 10.7. The summed E-state index contributed by atoms with van der Waals surface area (Å²) in [4.78, 5) is 8.52. The van der Waals surface area contributed by atoms with E-state index in [2.05, 4.69) is 33.4 Å². The number of hydrogen-bond acceptors (Lipinski definition) is 6. The van der Waals surface area contributed by atoms with Crippen molar-refractivity contribution in [1.29, 1.82) is 0 Å². The third-order valence-electron chi connectivity index (χ3n) is 4.70. The molecular formula is C19H23F3N4O2S2. The number of rotatable bonds is 6. The van der Waals surface area contributed by atoms with E-state index in [-0.39, 0.29) is 28.0 Å². The first-order chi connectivity index (χ1) is 13.8. The molecule has 11 heteroatoms. The van der Waals surface area contributed by atoms with E-state index in [4.69, 9.17) is 0 Å². The van der Waals surface area contributed by atoms with Crippen molar-refractivity contribution >= 4 is 33.3 Å².